The number of aldehydes is 1. The summed E-state index contributed by atoms with van der Waals surface area (Å²) in [6, 6.07) is 7.18. The summed E-state index contributed by atoms with van der Waals surface area (Å²) in [5.41, 5.74) is 2.03. The minimum Gasteiger partial charge on any atom is -0.383 e. The first-order valence-corrected chi connectivity index (χ1v) is 5.24. The third-order valence-corrected chi connectivity index (χ3v) is 2.04. The van der Waals surface area contributed by atoms with Crippen molar-refractivity contribution in [1.29, 1.82) is 0 Å². The second-order valence-corrected chi connectivity index (χ2v) is 3.93. The van der Waals surface area contributed by atoms with Gasteiger partial charge < -0.3 is 10.2 Å². The van der Waals surface area contributed by atoms with Crippen LogP contribution in [-0.4, -0.2) is 31.2 Å². The molecule has 1 amide bonds. The first kappa shape index (κ1) is 13.0. The van der Waals surface area contributed by atoms with Crippen LogP contribution in [0.25, 0.3) is 5.57 Å². The highest BCUT2D eigenvalue weighted by Gasteiger charge is 2.03. The van der Waals surface area contributed by atoms with E-state index in [1.165, 1.54) is 6.92 Å². The van der Waals surface area contributed by atoms with Gasteiger partial charge in [-0.25, -0.2) is 0 Å². The van der Waals surface area contributed by atoms with Crippen LogP contribution < -0.4 is 5.32 Å². The van der Waals surface area contributed by atoms with Crippen molar-refractivity contribution >= 4 is 23.5 Å². The summed E-state index contributed by atoms with van der Waals surface area (Å²) in [6.07, 6.45) is 2.53. The van der Waals surface area contributed by atoms with E-state index in [4.69, 9.17) is 0 Å². The molecule has 1 rings (SSSR count). The Morgan fingerprint density at radius 2 is 2.06 bits per heavy atom. The van der Waals surface area contributed by atoms with Crippen molar-refractivity contribution in [3.05, 3.63) is 36.0 Å². The SMILES string of the molecule is CC(=O)Nc1cccc(/C(C=O)=C/N(C)C)c1. The van der Waals surface area contributed by atoms with Gasteiger partial charge in [-0.3, -0.25) is 9.59 Å². The first-order chi connectivity index (χ1) is 8.02. The normalized spacial score (nSPS) is 10.9. The van der Waals surface area contributed by atoms with Crippen LogP contribution in [0.2, 0.25) is 0 Å². The third kappa shape index (κ3) is 4.10. The summed E-state index contributed by atoms with van der Waals surface area (Å²) in [4.78, 5) is 23.7. The van der Waals surface area contributed by atoms with E-state index in [0.717, 1.165) is 11.8 Å². The van der Waals surface area contributed by atoms with Crippen LogP contribution in [0.4, 0.5) is 5.69 Å². The van der Waals surface area contributed by atoms with E-state index in [-0.39, 0.29) is 5.91 Å². The van der Waals surface area contributed by atoms with Gasteiger partial charge in [-0.1, -0.05) is 12.1 Å². The maximum Gasteiger partial charge on any atom is 0.221 e. The zero-order valence-corrected chi connectivity index (χ0v) is 10.2. The number of anilines is 1. The topological polar surface area (TPSA) is 49.4 Å². The molecule has 0 fully saturated rings. The fraction of sp³-hybridized carbons (Fsp3) is 0.231. The Bertz CT molecular complexity index is 450. The van der Waals surface area contributed by atoms with Crippen LogP contribution in [0, 0.1) is 0 Å². The quantitative estimate of drug-likeness (QED) is 0.635. The molecule has 4 heteroatoms. The summed E-state index contributed by atoms with van der Waals surface area (Å²) >= 11 is 0. The number of rotatable bonds is 4. The predicted molar refractivity (Wildman–Crippen MR) is 68.5 cm³/mol. The molecular weight excluding hydrogens is 216 g/mol. The van der Waals surface area contributed by atoms with Crippen molar-refractivity contribution in [2.24, 2.45) is 0 Å². The van der Waals surface area contributed by atoms with Crippen LogP contribution >= 0.6 is 0 Å². The second-order valence-electron chi connectivity index (χ2n) is 3.93. The Labute approximate surface area is 101 Å². The number of hydrogen-bond acceptors (Lipinski definition) is 3. The molecule has 1 aromatic carbocycles. The number of allylic oxidation sites excluding steroid dienone is 1. The predicted octanol–water partition coefficient (Wildman–Crippen LogP) is 1.75. The lowest BCUT2D eigenvalue weighted by molar-refractivity contribution is -0.114. The minimum atomic E-state index is -0.133. The highest BCUT2D eigenvalue weighted by atomic mass is 16.1. The molecule has 1 aromatic rings. The van der Waals surface area contributed by atoms with E-state index in [2.05, 4.69) is 5.32 Å². The largest absolute Gasteiger partial charge is 0.383 e. The standard InChI is InChI=1S/C13H16N2O2/c1-10(17)14-13-6-4-5-11(7-13)12(9-16)8-15(2)3/h4-9H,1-3H3,(H,14,17)/b12-8+. The maximum absolute atomic E-state index is 11.0. The lowest BCUT2D eigenvalue weighted by Crippen LogP contribution is -2.06. The molecule has 0 unspecified atom stereocenters. The number of hydrogen-bond donors (Lipinski definition) is 1. The van der Waals surface area contributed by atoms with Gasteiger partial charge in [-0.15, -0.1) is 0 Å². The monoisotopic (exact) mass is 232 g/mol. The summed E-state index contributed by atoms with van der Waals surface area (Å²) in [7, 11) is 3.70. The number of nitrogens with one attached hydrogen (secondary N) is 1. The van der Waals surface area contributed by atoms with Gasteiger partial charge in [0.2, 0.25) is 5.91 Å². The molecule has 0 aliphatic rings. The molecule has 17 heavy (non-hydrogen) atoms. The summed E-state index contributed by atoms with van der Waals surface area (Å²) < 4.78 is 0. The number of benzene rings is 1. The van der Waals surface area contributed by atoms with Gasteiger partial charge in [0.05, 0.1) is 0 Å². The average Bonchev–Trinajstić information content (AvgIpc) is 2.25. The lowest BCUT2D eigenvalue weighted by atomic mass is 10.1. The van der Waals surface area contributed by atoms with E-state index in [9.17, 15) is 9.59 Å². The molecule has 0 aromatic heterocycles. The zero-order valence-electron chi connectivity index (χ0n) is 10.2. The molecule has 0 radical (unpaired) electrons. The number of amides is 1. The highest BCUT2D eigenvalue weighted by molar-refractivity contribution is 6.07. The average molecular weight is 232 g/mol. The number of nitrogens with zero attached hydrogens (tertiary/aromatic N) is 1. The van der Waals surface area contributed by atoms with E-state index in [0.29, 0.717) is 11.3 Å². The molecule has 0 saturated carbocycles. The molecule has 0 aliphatic heterocycles. The molecular formula is C13H16N2O2. The van der Waals surface area contributed by atoms with E-state index in [1.54, 1.807) is 29.3 Å². The van der Waals surface area contributed by atoms with E-state index < -0.39 is 0 Å². The van der Waals surface area contributed by atoms with Crippen molar-refractivity contribution in [2.75, 3.05) is 19.4 Å². The van der Waals surface area contributed by atoms with Crippen LogP contribution in [0.15, 0.2) is 30.5 Å². The Morgan fingerprint density at radius 3 is 2.59 bits per heavy atom. The molecule has 0 atom stereocenters. The Morgan fingerprint density at radius 1 is 1.35 bits per heavy atom. The number of carbonyl (C=O) groups excluding carboxylic acids is 2. The lowest BCUT2D eigenvalue weighted by Gasteiger charge is -2.09. The van der Waals surface area contributed by atoms with Crippen molar-refractivity contribution in [2.45, 2.75) is 6.92 Å². The van der Waals surface area contributed by atoms with Crippen LogP contribution in [0.1, 0.15) is 12.5 Å². The molecule has 0 saturated heterocycles. The zero-order chi connectivity index (χ0) is 12.8. The molecule has 90 valence electrons. The van der Waals surface area contributed by atoms with Gasteiger partial charge >= 0.3 is 0 Å². The Balaban J connectivity index is 3.05. The van der Waals surface area contributed by atoms with Gasteiger partial charge in [0.25, 0.3) is 0 Å². The molecule has 0 spiro atoms. The summed E-state index contributed by atoms with van der Waals surface area (Å²) in [5, 5.41) is 2.68. The molecule has 0 bridgehead atoms. The van der Waals surface area contributed by atoms with Crippen molar-refractivity contribution < 1.29 is 9.59 Å². The summed E-state index contributed by atoms with van der Waals surface area (Å²) in [5.74, 6) is -0.133. The van der Waals surface area contributed by atoms with E-state index in [1.807, 2.05) is 20.2 Å². The van der Waals surface area contributed by atoms with Gasteiger partial charge in [0.1, 0.15) is 0 Å². The van der Waals surface area contributed by atoms with Crippen molar-refractivity contribution in [3.8, 4) is 0 Å². The first-order valence-electron chi connectivity index (χ1n) is 5.24. The Kier molecular flexibility index (Phi) is 4.46. The molecule has 1 N–H and O–H groups in total. The highest BCUT2D eigenvalue weighted by Crippen LogP contribution is 2.17. The van der Waals surface area contributed by atoms with Crippen LogP contribution in [-0.2, 0) is 9.59 Å². The van der Waals surface area contributed by atoms with Crippen molar-refractivity contribution in [1.82, 2.24) is 4.90 Å². The molecule has 0 aliphatic carbocycles. The van der Waals surface area contributed by atoms with Crippen LogP contribution in [0.3, 0.4) is 0 Å². The fourth-order valence-corrected chi connectivity index (χ4v) is 1.43. The smallest absolute Gasteiger partial charge is 0.221 e. The van der Waals surface area contributed by atoms with Crippen molar-refractivity contribution in [3.63, 3.8) is 0 Å². The van der Waals surface area contributed by atoms with Gasteiger partial charge in [0.15, 0.2) is 6.29 Å². The fourth-order valence-electron chi connectivity index (χ4n) is 1.43. The Hall–Kier alpha value is -2.10. The van der Waals surface area contributed by atoms with Gasteiger partial charge in [-0.05, 0) is 17.7 Å². The third-order valence-electron chi connectivity index (χ3n) is 2.04. The second kappa shape index (κ2) is 5.84. The minimum absolute atomic E-state index is 0.133. The van der Waals surface area contributed by atoms with E-state index >= 15 is 0 Å². The molecule has 4 nitrogen and oxygen atoms in total. The maximum atomic E-state index is 11.0. The number of carbonyl (C=O) groups is 2. The van der Waals surface area contributed by atoms with Gasteiger partial charge in [0, 0.05) is 38.5 Å². The molecule has 0 heterocycles. The van der Waals surface area contributed by atoms with Crippen LogP contribution in [0.5, 0.6) is 0 Å². The summed E-state index contributed by atoms with van der Waals surface area (Å²) in [6.45, 7) is 1.45. The van der Waals surface area contributed by atoms with Gasteiger partial charge in [-0.2, -0.15) is 0 Å².